The van der Waals surface area contributed by atoms with Crippen molar-refractivity contribution in [2.45, 2.75) is 19.6 Å². The molecule has 0 atom stereocenters. The van der Waals surface area contributed by atoms with E-state index in [0.29, 0.717) is 22.6 Å². The molecule has 0 N–H and O–H groups in total. The maximum absolute atomic E-state index is 12.7. The number of rotatable bonds is 5. The van der Waals surface area contributed by atoms with Crippen molar-refractivity contribution in [1.82, 2.24) is 4.90 Å². The fourth-order valence-electron chi connectivity index (χ4n) is 2.57. The van der Waals surface area contributed by atoms with E-state index in [9.17, 15) is 18.0 Å². The van der Waals surface area contributed by atoms with Crippen LogP contribution in [0.2, 0.25) is 0 Å². The van der Waals surface area contributed by atoms with Gasteiger partial charge in [0.25, 0.3) is 5.91 Å². The number of hydrogen-bond acceptors (Lipinski definition) is 3. The van der Waals surface area contributed by atoms with Crippen molar-refractivity contribution in [2.75, 3.05) is 21.3 Å². The van der Waals surface area contributed by atoms with Gasteiger partial charge < -0.3 is 14.4 Å². The van der Waals surface area contributed by atoms with E-state index in [1.807, 2.05) is 6.92 Å². The van der Waals surface area contributed by atoms with E-state index < -0.39 is 11.7 Å². The lowest BCUT2D eigenvalue weighted by Gasteiger charge is -2.19. The Bertz CT molecular complexity index is 761. The minimum atomic E-state index is -4.38. The molecular formula is C19H20F3NO3. The van der Waals surface area contributed by atoms with Crippen LogP contribution in [0.1, 0.15) is 27.0 Å². The lowest BCUT2D eigenvalue weighted by Crippen LogP contribution is -2.26. The first kappa shape index (κ1) is 19.6. The van der Waals surface area contributed by atoms with Crippen molar-refractivity contribution in [3.05, 3.63) is 58.7 Å². The van der Waals surface area contributed by atoms with E-state index in [-0.39, 0.29) is 12.5 Å². The average Bonchev–Trinajstić information content (AvgIpc) is 2.61. The summed E-state index contributed by atoms with van der Waals surface area (Å²) in [6, 6.07) is 7.97. The van der Waals surface area contributed by atoms with Crippen LogP contribution in [0.25, 0.3) is 0 Å². The van der Waals surface area contributed by atoms with Gasteiger partial charge in [-0.05, 0) is 36.8 Å². The van der Waals surface area contributed by atoms with E-state index in [2.05, 4.69) is 0 Å². The molecule has 0 saturated heterocycles. The number of benzene rings is 2. The lowest BCUT2D eigenvalue weighted by molar-refractivity contribution is -0.137. The maximum Gasteiger partial charge on any atom is 0.416 e. The van der Waals surface area contributed by atoms with Gasteiger partial charge in [0, 0.05) is 24.7 Å². The third kappa shape index (κ3) is 4.28. The zero-order chi connectivity index (χ0) is 19.5. The molecule has 0 unspecified atom stereocenters. The first-order valence-corrected chi connectivity index (χ1v) is 7.81. The normalized spacial score (nSPS) is 11.2. The topological polar surface area (TPSA) is 38.8 Å². The van der Waals surface area contributed by atoms with Gasteiger partial charge >= 0.3 is 6.18 Å². The maximum atomic E-state index is 12.7. The third-order valence-electron chi connectivity index (χ3n) is 4.05. The number of ether oxygens (including phenoxy) is 2. The number of methoxy groups -OCH3 is 2. The molecule has 0 aromatic heterocycles. The van der Waals surface area contributed by atoms with E-state index in [4.69, 9.17) is 9.47 Å². The molecule has 2 aromatic rings. The number of nitrogens with zero attached hydrogens (tertiary/aromatic N) is 1. The van der Waals surface area contributed by atoms with Gasteiger partial charge in [-0.3, -0.25) is 4.79 Å². The Morgan fingerprint density at radius 3 is 1.96 bits per heavy atom. The van der Waals surface area contributed by atoms with Gasteiger partial charge in [-0.2, -0.15) is 13.2 Å². The largest absolute Gasteiger partial charge is 0.496 e. The fourth-order valence-corrected chi connectivity index (χ4v) is 2.57. The molecule has 0 spiro atoms. The number of hydrogen-bond donors (Lipinski definition) is 0. The molecule has 2 aromatic carbocycles. The summed E-state index contributed by atoms with van der Waals surface area (Å²) in [4.78, 5) is 14.1. The van der Waals surface area contributed by atoms with Crippen LogP contribution in [-0.4, -0.2) is 32.1 Å². The number of carbonyl (C=O) groups is 1. The Morgan fingerprint density at radius 1 is 1.04 bits per heavy atom. The standard InChI is InChI=1S/C19H20F3NO3/c1-12-16(25-3)9-14(10-17(12)26-4)18(24)23(2)11-13-5-7-15(8-6-13)19(20,21)22/h5-10H,11H2,1-4H3. The van der Waals surface area contributed by atoms with Crippen LogP contribution in [0.5, 0.6) is 11.5 Å². The van der Waals surface area contributed by atoms with Crippen molar-refractivity contribution in [2.24, 2.45) is 0 Å². The summed E-state index contributed by atoms with van der Waals surface area (Å²) < 4.78 is 48.4. The number of halogens is 3. The molecule has 26 heavy (non-hydrogen) atoms. The van der Waals surface area contributed by atoms with Crippen LogP contribution >= 0.6 is 0 Å². The minimum absolute atomic E-state index is 0.176. The van der Waals surface area contributed by atoms with E-state index in [1.165, 1.54) is 31.3 Å². The minimum Gasteiger partial charge on any atom is -0.496 e. The smallest absolute Gasteiger partial charge is 0.416 e. The number of alkyl halides is 3. The quantitative estimate of drug-likeness (QED) is 0.791. The van der Waals surface area contributed by atoms with Gasteiger partial charge in [0.05, 0.1) is 19.8 Å². The predicted molar refractivity (Wildman–Crippen MR) is 91.5 cm³/mol. The van der Waals surface area contributed by atoms with Crippen molar-refractivity contribution >= 4 is 5.91 Å². The van der Waals surface area contributed by atoms with Crippen molar-refractivity contribution in [3.63, 3.8) is 0 Å². The Labute approximate surface area is 150 Å². The Balaban J connectivity index is 2.19. The monoisotopic (exact) mass is 367 g/mol. The van der Waals surface area contributed by atoms with Crippen LogP contribution in [0.15, 0.2) is 36.4 Å². The van der Waals surface area contributed by atoms with Crippen molar-refractivity contribution < 1.29 is 27.4 Å². The van der Waals surface area contributed by atoms with Crippen LogP contribution in [0.3, 0.4) is 0 Å². The number of amides is 1. The Hall–Kier alpha value is -2.70. The molecule has 0 fully saturated rings. The van der Waals surface area contributed by atoms with Crippen LogP contribution in [0.4, 0.5) is 13.2 Å². The average molecular weight is 367 g/mol. The zero-order valence-corrected chi connectivity index (χ0v) is 15.0. The van der Waals surface area contributed by atoms with Gasteiger partial charge in [-0.15, -0.1) is 0 Å². The summed E-state index contributed by atoms with van der Waals surface area (Å²) in [5.74, 6) is 0.757. The molecule has 0 saturated carbocycles. The summed E-state index contributed by atoms with van der Waals surface area (Å²) in [7, 11) is 4.59. The molecule has 4 nitrogen and oxygen atoms in total. The van der Waals surface area contributed by atoms with Crippen LogP contribution in [0, 0.1) is 6.92 Å². The molecule has 0 bridgehead atoms. The molecule has 0 aliphatic carbocycles. The second-order valence-electron chi connectivity index (χ2n) is 5.86. The summed E-state index contributed by atoms with van der Waals surface area (Å²) in [5, 5.41) is 0. The highest BCUT2D eigenvalue weighted by Gasteiger charge is 2.30. The first-order chi connectivity index (χ1) is 12.2. The molecule has 0 aliphatic rings. The lowest BCUT2D eigenvalue weighted by atomic mass is 10.1. The van der Waals surface area contributed by atoms with Gasteiger partial charge in [0.2, 0.25) is 0 Å². The highest BCUT2D eigenvalue weighted by Crippen LogP contribution is 2.31. The summed E-state index contributed by atoms with van der Waals surface area (Å²) in [6.45, 7) is 1.99. The van der Waals surface area contributed by atoms with E-state index >= 15 is 0 Å². The second kappa shape index (κ2) is 7.68. The molecule has 0 heterocycles. The van der Waals surface area contributed by atoms with Crippen molar-refractivity contribution in [3.8, 4) is 11.5 Å². The van der Waals surface area contributed by atoms with Crippen LogP contribution in [-0.2, 0) is 12.7 Å². The zero-order valence-electron chi connectivity index (χ0n) is 15.0. The van der Waals surface area contributed by atoms with E-state index in [1.54, 1.807) is 19.2 Å². The summed E-state index contributed by atoms with van der Waals surface area (Å²) >= 11 is 0. The highest BCUT2D eigenvalue weighted by atomic mass is 19.4. The first-order valence-electron chi connectivity index (χ1n) is 7.81. The Kier molecular flexibility index (Phi) is 5.79. The highest BCUT2D eigenvalue weighted by molar-refractivity contribution is 5.95. The SMILES string of the molecule is COc1cc(C(=O)N(C)Cc2ccc(C(F)(F)F)cc2)cc(OC)c1C. The fraction of sp³-hybridized carbons (Fsp3) is 0.316. The summed E-state index contributed by atoms with van der Waals surface area (Å²) in [5.41, 5.74) is 1.03. The molecule has 0 aliphatic heterocycles. The Morgan fingerprint density at radius 2 is 1.54 bits per heavy atom. The molecule has 7 heteroatoms. The van der Waals surface area contributed by atoms with Crippen LogP contribution < -0.4 is 9.47 Å². The second-order valence-corrected chi connectivity index (χ2v) is 5.86. The molecule has 140 valence electrons. The molecule has 0 radical (unpaired) electrons. The predicted octanol–water partition coefficient (Wildman–Crippen LogP) is 4.30. The summed E-state index contributed by atoms with van der Waals surface area (Å²) in [6.07, 6.45) is -4.38. The van der Waals surface area contributed by atoms with E-state index in [0.717, 1.165) is 17.7 Å². The van der Waals surface area contributed by atoms with Gasteiger partial charge in [-0.25, -0.2) is 0 Å². The third-order valence-corrected chi connectivity index (χ3v) is 4.05. The molecule has 1 amide bonds. The molecule has 2 rings (SSSR count). The van der Waals surface area contributed by atoms with Gasteiger partial charge in [-0.1, -0.05) is 12.1 Å². The van der Waals surface area contributed by atoms with Gasteiger partial charge in [0.15, 0.2) is 0 Å². The van der Waals surface area contributed by atoms with Crippen molar-refractivity contribution in [1.29, 1.82) is 0 Å². The molecular weight excluding hydrogens is 347 g/mol. The van der Waals surface area contributed by atoms with Gasteiger partial charge in [0.1, 0.15) is 11.5 Å². The number of carbonyl (C=O) groups excluding carboxylic acids is 1.